The Bertz CT molecular complexity index is 1190. The van der Waals surface area contributed by atoms with E-state index in [9.17, 15) is 5.26 Å². The molecule has 0 atom stereocenters. The summed E-state index contributed by atoms with van der Waals surface area (Å²) in [6, 6.07) is 19.0. The molecule has 0 N–H and O–H groups in total. The first-order valence-electron chi connectivity index (χ1n) is 12.3. The van der Waals surface area contributed by atoms with Gasteiger partial charge >= 0.3 is 0 Å². The standard InChI is InChI=1S/C28H31N5O2/c1-20(2)33-18-25(19-33)35-27-8-5-22(16-23(27)17-29)26-9-10-30-28(31-26)15-21-3-6-24(7-4-21)32-11-13-34-14-12-32/h3-10,16,20,25H,11-15,18-19H2,1-2H3. The predicted molar refractivity (Wildman–Crippen MR) is 136 cm³/mol. The summed E-state index contributed by atoms with van der Waals surface area (Å²) in [6.07, 6.45) is 2.57. The first-order valence-corrected chi connectivity index (χ1v) is 12.3. The second-order valence-corrected chi connectivity index (χ2v) is 9.41. The third-order valence-corrected chi connectivity index (χ3v) is 6.68. The highest BCUT2D eigenvalue weighted by molar-refractivity contribution is 5.64. The van der Waals surface area contributed by atoms with Crippen LogP contribution >= 0.6 is 0 Å². The molecule has 0 aliphatic carbocycles. The van der Waals surface area contributed by atoms with E-state index in [1.165, 1.54) is 5.69 Å². The molecule has 2 aromatic carbocycles. The summed E-state index contributed by atoms with van der Waals surface area (Å²) >= 11 is 0. The number of hydrogen-bond donors (Lipinski definition) is 0. The molecule has 0 unspecified atom stereocenters. The van der Waals surface area contributed by atoms with Gasteiger partial charge in [0.2, 0.25) is 0 Å². The number of anilines is 1. The molecule has 0 radical (unpaired) electrons. The molecule has 0 spiro atoms. The number of nitrogens with zero attached hydrogens (tertiary/aromatic N) is 5. The van der Waals surface area contributed by atoms with Gasteiger partial charge in [0.25, 0.3) is 0 Å². The molecule has 0 amide bonds. The van der Waals surface area contributed by atoms with Crippen molar-refractivity contribution in [1.29, 1.82) is 5.26 Å². The molecule has 2 fully saturated rings. The van der Waals surface area contributed by atoms with Crippen LogP contribution < -0.4 is 9.64 Å². The Balaban J connectivity index is 1.26. The van der Waals surface area contributed by atoms with Gasteiger partial charge in [-0.05, 0) is 55.8 Å². The maximum Gasteiger partial charge on any atom is 0.137 e. The molecule has 2 saturated heterocycles. The second-order valence-electron chi connectivity index (χ2n) is 9.41. The maximum absolute atomic E-state index is 9.72. The highest BCUT2D eigenvalue weighted by atomic mass is 16.5. The zero-order chi connectivity index (χ0) is 24.2. The number of nitriles is 1. The lowest BCUT2D eigenvalue weighted by Gasteiger charge is -2.41. The van der Waals surface area contributed by atoms with Crippen molar-refractivity contribution in [2.45, 2.75) is 32.4 Å². The molecular formula is C28H31N5O2. The lowest BCUT2D eigenvalue weighted by Crippen LogP contribution is -2.56. The normalized spacial score (nSPS) is 16.7. The molecule has 5 rings (SSSR count). The van der Waals surface area contributed by atoms with Gasteiger partial charge < -0.3 is 14.4 Å². The van der Waals surface area contributed by atoms with E-state index >= 15 is 0 Å². The summed E-state index contributed by atoms with van der Waals surface area (Å²) in [5, 5.41) is 9.72. The van der Waals surface area contributed by atoms with Gasteiger partial charge in [-0.1, -0.05) is 12.1 Å². The van der Waals surface area contributed by atoms with Crippen LogP contribution in [0.4, 0.5) is 5.69 Å². The van der Waals surface area contributed by atoms with Crippen LogP contribution in [0.1, 0.15) is 30.8 Å². The molecule has 35 heavy (non-hydrogen) atoms. The van der Waals surface area contributed by atoms with Crippen LogP contribution in [0.5, 0.6) is 5.75 Å². The lowest BCUT2D eigenvalue weighted by atomic mass is 10.1. The van der Waals surface area contributed by atoms with Crippen LogP contribution in [0.25, 0.3) is 11.3 Å². The van der Waals surface area contributed by atoms with Gasteiger partial charge in [-0.25, -0.2) is 9.97 Å². The van der Waals surface area contributed by atoms with Crippen LogP contribution in [-0.2, 0) is 11.2 Å². The van der Waals surface area contributed by atoms with Crippen LogP contribution in [0, 0.1) is 11.3 Å². The van der Waals surface area contributed by atoms with E-state index in [0.717, 1.165) is 62.0 Å². The fraction of sp³-hybridized carbons (Fsp3) is 0.393. The van der Waals surface area contributed by atoms with Crippen molar-refractivity contribution in [2.24, 2.45) is 0 Å². The van der Waals surface area contributed by atoms with Crippen LogP contribution in [0.3, 0.4) is 0 Å². The number of ether oxygens (including phenoxy) is 2. The topological polar surface area (TPSA) is 74.5 Å². The molecule has 3 heterocycles. The highest BCUT2D eigenvalue weighted by Crippen LogP contribution is 2.28. The quantitative estimate of drug-likeness (QED) is 0.519. The smallest absolute Gasteiger partial charge is 0.137 e. The zero-order valence-corrected chi connectivity index (χ0v) is 20.4. The van der Waals surface area contributed by atoms with Crippen molar-refractivity contribution in [3.63, 3.8) is 0 Å². The number of morpholine rings is 1. The summed E-state index contributed by atoms with van der Waals surface area (Å²) in [6.45, 7) is 9.57. The van der Waals surface area contributed by atoms with E-state index in [1.54, 1.807) is 6.20 Å². The van der Waals surface area contributed by atoms with Gasteiger partial charge in [-0.15, -0.1) is 0 Å². The van der Waals surface area contributed by atoms with E-state index in [1.807, 2.05) is 24.3 Å². The van der Waals surface area contributed by atoms with Crippen molar-refractivity contribution in [3.05, 3.63) is 71.7 Å². The Morgan fingerprint density at radius 1 is 1.09 bits per heavy atom. The van der Waals surface area contributed by atoms with E-state index in [0.29, 0.717) is 23.8 Å². The van der Waals surface area contributed by atoms with E-state index in [4.69, 9.17) is 14.5 Å². The fourth-order valence-corrected chi connectivity index (χ4v) is 4.50. The average molecular weight is 470 g/mol. The Kier molecular flexibility index (Phi) is 6.94. The largest absolute Gasteiger partial charge is 0.486 e. The first-order chi connectivity index (χ1) is 17.1. The van der Waals surface area contributed by atoms with Crippen LogP contribution in [-0.4, -0.2) is 66.4 Å². The molecule has 1 aromatic heterocycles. The third kappa shape index (κ3) is 5.45. The molecule has 3 aromatic rings. The van der Waals surface area contributed by atoms with Crippen molar-refractivity contribution in [3.8, 4) is 23.1 Å². The Labute approximate surface area is 206 Å². The number of likely N-dealkylation sites (tertiary alicyclic amines) is 1. The minimum Gasteiger partial charge on any atom is -0.486 e. The number of benzene rings is 2. The number of rotatable bonds is 7. The fourth-order valence-electron chi connectivity index (χ4n) is 4.50. The lowest BCUT2D eigenvalue weighted by molar-refractivity contribution is 0.00000946. The van der Waals surface area contributed by atoms with Gasteiger partial charge in [0.15, 0.2) is 0 Å². The van der Waals surface area contributed by atoms with Gasteiger partial charge in [-0.2, -0.15) is 5.26 Å². The molecule has 2 aliphatic heterocycles. The van der Waals surface area contributed by atoms with Gasteiger partial charge in [0.05, 0.1) is 24.5 Å². The summed E-state index contributed by atoms with van der Waals surface area (Å²) in [5.74, 6) is 1.39. The maximum atomic E-state index is 9.72. The molecule has 7 heteroatoms. The minimum atomic E-state index is 0.135. The molecule has 2 aliphatic rings. The Hall–Kier alpha value is -3.47. The van der Waals surface area contributed by atoms with Gasteiger partial charge in [0, 0.05) is 56.1 Å². The van der Waals surface area contributed by atoms with Gasteiger partial charge in [-0.3, -0.25) is 4.90 Å². The number of aromatic nitrogens is 2. The van der Waals surface area contributed by atoms with Gasteiger partial charge in [0.1, 0.15) is 23.7 Å². The van der Waals surface area contributed by atoms with Crippen LogP contribution in [0.15, 0.2) is 54.7 Å². The van der Waals surface area contributed by atoms with Crippen molar-refractivity contribution in [1.82, 2.24) is 14.9 Å². The van der Waals surface area contributed by atoms with Crippen LogP contribution in [0.2, 0.25) is 0 Å². The zero-order valence-electron chi connectivity index (χ0n) is 20.4. The highest BCUT2D eigenvalue weighted by Gasteiger charge is 2.30. The van der Waals surface area contributed by atoms with Crippen molar-refractivity contribution in [2.75, 3.05) is 44.3 Å². The second kappa shape index (κ2) is 10.4. The van der Waals surface area contributed by atoms with E-state index < -0.39 is 0 Å². The molecular weight excluding hydrogens is 438 g/mol. The monoisotopic (exact) mass is 469 g/mol. The summed E-state index contributed by atoms with van der Waals surface area (Å²) in [7, 11) is 0. The summed E-state index contributed by atoms with van der Waals surface area (Å²) in [4.78, 5) is 14.0. The molecule has 0 saturated carbocycles. The third-order valence-electron chi connectivity index (χ3n) is 6.68. The molecule has 7 nitrogen and oxygen atoms in total. The molecule has 180 valence electrons. The summed E-state index contributed by atoms with van der Waals surface area (Å²) in [5.41, 5.74) is 4.60. The molecule has 0 bridgehead atoms. The van der Waals surface area contributed by atoms with E-state index in [-0.39, 0.29) is 6.10 Å². The predicted octanol–water partition coefficient (Wildman–Crippen LogP) is 3.91. The SMILES string of the molecule is CC(C)N1CC(Oc2ccc(-c3ccnc(Cc4ccc(N5CCOCC5)cc4)n3)cc2C#N)C1. The van der Waals surface area contributed by atoms with E-state index in [2.05, 4.69) is 59.0 Å². The van der Waals surface area contributed by atoms with Crippen molar-refractivity contribution >= 4 is 5.69 Å². The number of hydrogen-bond acceptors (Lipinski definition) is 7. The Morgan fingerprint density at radius 2 is 1.86 bits per heavy atom. The average Bonchev–Trinajstić information content (AvgIpc) is 2.87. The Morgan fingerprint density at radius 3 is 2.57 bits per heavy atom. The minimum absolute atomic E-state index is 0.135. The first kappa shape index (κ1) is 23.3. The summed E-state index contributed by atoms with van der Waals surface area (Å²) < 4.78 is 11.5. The van der Waals surface area contributed by atoms with Crippen molar-refractivity contribution < 1.29 is 9.47 Å².